The van der Waals surface area contributed by atoms with Gasteiger partial charge in [-0.25, -0.2) is 0 Å². The third-order valence-corrected chi connectivity index (χ3v) is 2.90. The van der Waals surface area contributed by atoms with Crippen molar-refractivity contribution in [3.8, 4) is 0 Å². The maximum absolute atomic E-state index is 11.4. The van der Waals surface area contributed by atoms with Crippen molar-refractivity contribution in [2.45, 2.75) is 37.3 Å². The van der Waals surface area contributed by atoms with Crippen LogP contribution in [0.25, 0.3) is 0 Å². The minimum Gasteiger partial charge on any atom is -0.326 e. The average Bonchev–Trinajstić information content (AvgIpc) is 2.09. The van der Waals surface area contributed by atoms with Crippen LogP contribution in [0.3, 0.4) is 0 Å². The number of carbonyl (C=O) groups is 1. The highest BCUT2D eigenvalue weighted by molar-refractivity contribution is 6.29. The number of carbonyl (C=O) groups excluding carboxylic acids is 1. The minimum absolute atomic E-state index is 0.0236. The molecule has 0 aromatic rings. The zero-order valence-corrected chi connectivity index (χ0v) is 7.81. The molecular weight excluding hydrogens is 176 g/mol. The highest BCUT2D eigenvalue weighted by atomic mass is 35.5. The summed E-state index contributed by atoms with van der Waals surface area (Å²) in [5.74, 6) is -0.138. The number of rotatable bonds is 2. The third kappa shape index (κ3) is 1.63. The van der Waals surface area contributed by atoms with Gasteiger partial charge >= 0.3 is 0 Å². The SMILES string of the molecule is NC1CCCCC1(N)C(=O)CCl. The van der Waals surface area contributed by atoms with Crippen molar-refractivity contribution in [1.29, 1.82) is 0 Å². The van der Waals surface area contributed by atoms with Crippen molar-refractivity contribution >= 4 is 17.4 Å². The van der Waals surface area contributed by atoms with E-state index < -0.39 is 5.54 Å². The van der Waals surface area contributed by atoms with Crippen molar-refractivity contribution in [2.24, 2.45) is 11.5 Å². The molecule has 1 rings (SSSR count). The standard InChI is InChI=1S/C8H15ClN2O/c9-5-7(12)8(11)4-2-1-3-6(8)10/h6H,1-5,10-11H2. The summed E-state index contributed by atoms with van der Waals surface area (Å²) in [5, 5.41) is 0. The number of nitrogens with two attached hydrogens (primary N) is 2. The van der Waals surface area contributed by atoms with Gasteiger partial charge in [0.2, 0.25) is 0 Å². The second kappa shape index (κ2) is 3.73. The summed E-state index contributed by atoms with van der Waals surface area (Å²) in [7, 11) is 0. The number of ketones is 1. The Bertz CT molecular complexity index is 186. The number of Topliss-reactive ketones (excluding diaryl/α,β-unsaturated/α-hetero) is 1. The van der Waals surface area contributed by atoms with E-state index in [1.165, 1.54) is 0 Å². The molecule has 1 saturated carbocycles. The lowest BCUT2D eigenvalue weighted by atomic mass is 9.76. The zero-order chi connectivity index (χ0) is 9.19. The Morgan fingerprint density at radius 2 is 2.25 bits per heavy atom. The molecule has 0 heterocycles. The molecule has 2 unspecified atom stereocenters. The van der Waals surface area contributed by atoms with Gasteiger partial charge in [-0.15, -0.1) is 11.6 Å². The Morgan fingerprint density at radius 3 is 2.75 bits per heavy atom. The highest BCUT2D eigenvalue weighted by Crippen LogP contribution is 2.26. The number of hydrogen-bond acceptors (Lipinski definition) is 3. The van der Waals surface area contributed by atoms with Crippen molar-refractivity contribution < 1.29 is 4.79 Å². The summed E-state index contributed by atoms with van der Waals surface area (Å²) >= 11 is 5.46. The van der Waals surface area contributed by atoms with E-state index in [2.05, 4.69) is 0 Å². The first-order valence-electron chi connectivity index (χ1n) is 4.25. The van der Waals surface area contributed by atoms with Gasteiger partial charge in [0.15, 0.2) is 5.78 Å². The van der Waals surface area contributed by atoms with Crippen LogP contribution in [0, 0.1) is 0 Å². The monoisotopic (exact) mass is 190 g/mol. The second-order valence-electron chi connectivity index (χ2n) is 3.45. The van der Waals surface area contributed by atoms with Crippen LogP contribution in [0.4, 0.5) is 0 Å². The zero-order valence-electron chi connectivity index (χ0n) is 7.05. The molecule has 0 aromatic heterocycles. The summed E-state index contributed by atoms with van der Waals surface area (Å²) in [6.45, 7) is 0. The van der Waals surface area contributed by atoms with Crippen molar-refractivity contribution in [3.05, 3.63) is 0 Å². The third-order valence-electron chi connectivity index (χ3n) is 2.66. The fourth-order valence-electron chi connectivity index (χ4n) is 1.70. The Labute approximate surface area is 77.4 Å². The van der Waals surface area contributed by atoms with Crippen molar-refractivity contribution in [2.75, 3.05) is 5.88 Å². The summed E-state index contributed by atoms with van der Waals surface area (Å²) < 4.78 is 0. The van der Waals surface area contributed by atoms with Crippen LogP contribution in [0.15, 0.2) is 0 Å². The maximum atomic E-state index is 11.4. The molecule has 2 atom stereocenters. The van der Waals surface area contributed by atoms with E-state index in [0.29, 0.717) is 6.42 Å². The Kier molecular flexibility index (Phi) is 3.09. The molecule has 0 spiro atoms. The number of halogens is 1. The molecular formula is C8H15ClN2O. The molecule has 0 radical (unpaired) electrons. The lowest BCUT2D eigenvalue weighted by Gasteiger charge is -2.37. The van der Waals surface area contributed by atoms with Gasteiger partial charge < -0.3 is 11.5 Å². The van der Waals surface area contributed by atoms with E-state index in [1.807, 2.05) is 0 Å². The van der Waals surface area contributed by atoms with E-state index in [1.54, 1.807) is 0 Å². The topological polar surface area (TPSA) is 69.1 Å². The highest BCUT2D eigenvalue weighted by Gasteiger charge is 2.40. The molecule has 0 amide bonds. The van der Waals surface area contributed by atoms with Crippen LogP contribution in [0.2, 0.25) is 0 Å². The van der Waals surface area contributed by atoms with Gasteiger partial charge in [0.05, 0.1) is 11.4 Å². The molecule has 4 heteroatoms. The molecule has 4 N–H and O–H groups in total. The van der Waals surface area contributed by atoms with Gasteiger partial charge in [0.1, 0.15) is 0 Å². The van der Waals surface area contributed by atoms with Crippen LogP contribution >= 0.6 is 11.6 Å². The lowest BCUT2D eigenvalue weighted by molar-refractivity contribution is -0.123. The first kappa shape index (κ1) is 9.96. The van der Waals surface area contributed by atoms with Gasteiger partial charge in [-0.05, 0) is 12.8 Å². The smallest absolute Gasteiger partial charge is 0.168 e. The predicted octanol–water partition coefficient (Wildman–Crippen LogP) is 0.393. The first-order chi connectivity index (χ1) is 5.61. The van der Waals surface area contributed by atoms with Crippen LogP contribution < -0.4 is 11.5 Å². The molecule has 0 aromatic carbocycles. The van der Waals surface area contributed by atoms with Gasteiger partial charge in [-0.2, -0.15) is 0 Å². The second-order valence-corrected chi connectivity index (χ2v) is 3.72. The van der Waals surface area contributed by atoms with E-state index >= 15 is 0 Å². The van der Waals surface area contributed by atoms with E-state index in [0.717, 1.165) is 19.3 Å². The Balaban J connectivity index is 2.72. The average molecular weight is 191 g/mol. The van der Waals surface area contributed by atoms with Crippen LogP contribution in [0.5, 0.6) is 0 Å². The maximum Gasteiger partial charge on any atom is 0.168 e. The molecule has 1 aliphatic rings. The number of hydrogen-bond donors (Lipinski definition) is 2. The lowest BCUT2D eigenvalue weighted by Crippen LogP contribution is -2.62. The van der Waals surface area contributed by atoms with Crippen molar-refractivity contribution in [1.82, 2.24) is 0 Å². The molecule has 0 saturated heterocycles. The van der Waals surface area contributed by atoms with Crippen LogP contribution in [0.1, 0.15) is 25.7 Å². The van der Waals surface area contributed by atoms with Gasteiger partial charge in [0.25, 0.3) is 0 Å². The summed E-state index contributed by atoms with van der Waals surface area (Å²) in [5.41, 5.74) is 10.8. The fourth-order valence-corrected chi connectivity index (χ4v) is 1.94. The Morgan fingerprint density at radius 1 is 1.58 bits per heavy atom. The molecule has 1 fully saturated rings. The van der Waals surface area contributed by atoms with Gasteiger partial charge in [-0.3, -0.25) is 4.79 Å². The molecule has 70 valence electrons. The minimum atomic E-state index is -0.847. The summed E-state index contributed by atoms with van der Waals surface area (Å²) in [6, 6.07) is -0.211. The Hall–Kier alpha value is -0.120. The largest absolute Gasteiger partial charge is 0.326 e. The molecule has 1 aliphatic carbocycles. The number of alkyl halides is 1. The molecule has 0 bridgehead atoms. The van der Waals surface area contributed by atoms with Gasteiger partial charge in [-0.1, -0.05) is 12.8 Å². The first-order valence-corrected chi connectivity index (χ1v) is 4.78. The molecule has 0 aliphatic heterocycles. The van der Waals surface area contributed by atoms with Crippen LogP contribution in [-0.4, -0.2) is 23.2 Å². The van der Waals surface area contributed by atoms with Gasteiger partial charge in [0, 0.05) is 6.04 Å². The molecule has 12 heavy (non-hydrogen) atoms. The summed E-state index contributed by atoms with van der Waals surface area (Å²) in [6.07, 6.45) is 3.56. The van der Waals surface area contributed by atoms with E-state index in [9.17, 15) is 4.79 Å². The van der Waals surface area contributed by atoms with Crippen LogP contribution in [-0.2, 0) is 4.79 Å². The fraction of sp³-hybridized carbons (Fsp3) is 0.875. The molecule has 3 nitrogen and oxygen atoms in total. The van der Waals surface area contributed by atoms with E-state index in [4.69, 9.17) is 23.1 Å². The predicted molar refractivity (Wildman–Crippen MR) is 49.1 cm³/mol. The summed E-state index contributed by atoms with van der Waals surface area (Å²) in [4.78, 5) is 11.4. The van der Waals surface area contributed by atoms with Crippen molar-refractivity contribution in [3.63, 3.8) is 0 Å². The quantitative estimate of drug-likeness (QED) is 0.620. The normalized spacial score (nSPS) is 36.4. The van der Waals surface area contributed by atoms with E-state index in [-0.39, 0.29) is 17.7 Å².